The van der Waals surface area contributed by atoms with E-state index in [9.17, 15) is 0 Å². The second kappa shape index (κ2) is 3.99. The molecule has 2 atom stereocenters. The van der Waals surface area contributed by atoms with Crippen LogP contribution in [0.25, 0.3) is 0 Å². The van der Waals surface area contributed by atoms with Crippen molar-refractivity contribution in [2.24, 2.45) is 11.8 Å². The Labute approximate surface area is 100.0 Å². The Morgan fingerprint density at radius 2 is 1.81 bits per heavy atom. The fourth-order valence-electron chi connectivity index (χ4n) is 3.82. The minimum atomic E-state index is 0.620. The van der Waals surface area contributed by atoms with Crippen LogP contribution in [0.3, 0.4) is 0 Å². The number of hydrogen-bond acceptors (Lipinski definition) is 2. The van der Waals surface area contributed by atoms with Gasteiger partial charge >= 0.3 is 0 Å². The maximum Gasteiger partial charge on any atom is 0.0234 e. The smallest absolute Gasteiger partial charge is 0.0234 e. The molecular weight excluding hydrogens is 196 g/mol. The quantitative estimate of drug-likeness (QED) is 0.707. The molecule has 2 nitrogen and oxygen atoms in total. The fourth-order valence-corrected chi connectivity index (χ4v) is 3.82. The van der Waals surface area contributed by atoms with Gasteiger partial charge < -0.3 is 4.90 Å². The monoisotopic (exact) mass is 222 g/mol. The molecule has 0 bridgehead atoms. The molecule has 3 rings (SSSR count). The number of piperidine rings is 1. The van der Waals surface area contributed by atoms with Crippen molar-refractivity contribution in [2.75, 3.05) is 33.2 Å². The highest BCUT2D eigenvalue weighted by atomic mass is 15.3. The molecule has 2 unspecified atom stereocenters. The average Bonchev–Trinajstić information content (AvgIpc) is 2.83. The van der Waals surface area contributed by atoms with Crippen LogP contribution in [0.4, 0.5) is 0 Å². The summed E-state index contributed by atoms with van der Waals surface area (Å²) in [5.74, 6) is 2.05. The lowest BCUT2D eigenvalue weighted by Crippen LogP contribution is -2.51. The Bertz CT molecular complexity index is 255. The SMILES string of the molecule is CC1CC1CN1CCCC12CCN(C)CC2. The van der Waals surface area contributed by atoms with Crippen molar-refractivity contribution in [3.8, 4) is 0 Å². The number of likely N-dealkylation sites (tertiary alicyclic amines) is 2. The molecule has 92 valence electrons. The van der Waals surface area contributed by atoms with Gasteiger partial charge in [-0.05, 0) is 70.6 Å². The first kappa shape index (κ1) is 11.0. The zero-order valence-electron chi connectivity index (χ0n) is 10.9. The van der Waals surface area contributed by atoms with Crippen molar-refractivity contribution in [1.82, 2.24) is 9.80 Å². The van der Waals surface area contributed by atoms with E-state index in [1.807, 2.05) is 0 Å². The molecule has 0 aromatic carbocycles. The minimum absolute atomic E-state index is 0.620. The van der Waals surface area contributed by atoms with Crippen LogP contribution in [-0.4, -0.2) is 48.6 Å². The van der Waals surface area contributed by atoms with Crippen molar-refractivity contribution in [1.29, 1.82) is 0 Å². The molecule has 0 N–H and O–H groups in total. The molecule has 16 heavy (non-hydrogen) atoms. The third kappa shape index (κ3) is 1.91. The van der Waals surface area contributed by atoms with Gasteiger partial charge in [0, 0.05) is 12.1 Å². The summed E-state index contributed by atoms with van der Waals surface area (Å²) in [6.45, 7) is 7.84. The maximum absolute atomic E-state index is 2.87. The fraction of sp³-hybridized carbons (Fsp3) is 1.00. The molecular formula is C14H26N2. The summed E-state index contributed by atoms with van der Waals surface area (Å²) in [6, 6.07) is 0. The van der Waals surface area contributed by atoms with Crippen LogP contribution >= 0.6 is 0 Å². The summed E-state index contributed by atoms with van der Waals surface area (Å²) in [5, 5.41) is 0. The van der Waals surface area contributed by atoms with Crippen LogP contribution in [-0.2, 0) is 0 Å². The lowest BCUT2D eigenvalue weighted by atomic mass is 9.85. The largest absolute Gasteiger partial charge is 0.306 e. The van der Waals surface area contributed by atoms with Gasteiger partial charge in [-0.1, -0.05) is 6.92 Å². The topological polar surface area (TPSA) is 6.48 Å². The van der Waals surface area contributed by atoms with Gasteiger partial charge in [-0.2, -0.15) is 0 Å². The molecule has 2 heteroatoms. The molecule has 0 aromatic heterocycles. The predicted molar refractivity (Wildman–Crippen MR) is 67.5 cm³/mol. The van der Waals surface area contributed by atoms with E-state index >= 15 is 0 Å². The highest BCUT2D eigenvalue weighted by Crippen LogP contribution is 2.44. The summed E-state index contributed by atoms with van der Waals surface area (Å²) in [5.41, 5.74) is 0.620. The normalized spacial score (nSPS) is 39.4. The molecule has 0 aromatic rings. The Morgan fingerprint density at radius 1 is 1.12 bits per heavy atom. The predicted octanol–water partition coefficient (Wildman–Crippen LogP) is 2.20. The van der Waals surface area contributed by atoms with Crippen LogP contribution < -0.4 is 0 Å². The maximum atomic E-state index is 2.87. The third-order valence-electron chi connectivity index (χ3n) is 5.39. The van der Waals surface area contributed by atoms with E-state index in [0.717, 1.165) is 11.8 Å². The molecule has 0 radical (unpaired) electrons. The Balaban J connectivity index is 1.63. The van der Waals surface area contributed by atoms with Crippen LogP contribution in [0.2, 0.25) is 0 Å². The van der Waals surface area contributed by atoms with Gasteiger partial charge in [-0.25, -0.2) is 0 Å². The highest BCUT2D eigenvalue weighted by molar-refractivity contribution is 5.01. The molecule has 2 saturated heterocycles. The molecule has 1 aliphatic carbocycles. The van der Waals surface area contributed by atoms with Gasteiger partial charge in [0.15, 0.2) is 0 Å². The number of hydrogen-bond donors (Lipinski definition) is 0. The first-order valence-electron chi connectivity index (χ1n) is 7.13. The van der Waals surface area contributed by atoms with E-state index in [0.29, 0.717) is 5.54 Å². The zero-order valence-corrected chi connectivity index (χ0v) is 10.9. The summed E-state index contributed by atoms with van der Waals surface area (Å²) in [4.78, 5) is 5.37. The second-order valence-corrected chi connectivity index (χ2v) is 6.55. The van der Waals surface area contributed by atoms with Gasteiger partial charge in [0.2, 0.25) is 0 Å². The molecule has 2 heterocycles. The van der Waals surface area contributed by atoms with Gasteiger partial charge in [0.1, 0.15) is 0 Å². The molecule has 2 aliphatic heterocycles. The third-order valence-corrected chi connectivity index (χ3v) is 5.39. The lowest BCUT2D eigenvalue weighted by Gasteiger charge is -2.44. The molecule has 3 fully saturated rings. The summed E-state index contributed by atoms with van der Waals surface area (Å²) >= 11 is 0. The van der Waals surface area contributed by atoms with Crippen LogP contribution in [0, 0.1) is 11.8 Å². The van der Waals surface area contributed by atoms with Crippen molar-refractivity contribution >= 4 is 0 Å². The summed E-state index contributed by atoms with van der Waals surface area (Å²) in [6.07, 6.45) is 7.26. The van der Waals surface area contributed by atoms with Gasteiger partial charge in [-0.15, -0.1) is 0 Å². The Kier molecular flexibility index (Phi) is 2.75. The molecule has 1 saturated carbocycles. The van der Waals surface area contributed by atoms with Crippen molar-refractivity contribution in [3.05, 3.63) is 0 Å². The van der Waals surface area contributed by atoms with Crippen molar-refractivity contribution in [3.63, 3.8) is 0 Å². The molecule has 1 spiro atoms. The number of nitrogens with zero attached hydrogens (tertiary/aromatic N) is 2. The first-order valence-corrected chi connectivity index (χ1v) is 7.13. The van der Waals surface area contributed by atoms with E-state index in [2.05, 4.69) is 23.8 Å². The standard InChI is InChI=1S/C14H26N2/c1-12-10-13(12)11-16-7-3-4-14(16)5-8-15(2)9-6-14/h12-13H,3-11H2,1-2H3. The first-order chi connectivity index (χ1) is 7.70. The lowest BCUT2D eigenvalue weighted by molar-refractivity contribution is 0.0581. The summed E-state index contributed by atoms with van der Waals surface area (Å²) < 4.78 is 0. The van der Waals surface area contributed by atoms with E-state index in [-0.39, 0.29) is 0 Å². The van der Waals surface area contributed by atoms with E-state index in [1.54, 1.807) is 0 Å². The molecule has 3 aliphatic rings. The average molecular weight is 222 g/mol. The van der Waals surface area contributed by atoms with Crippen LogP contribution in [0.1, 0.15) is 39.0 Å². The van der Waals surface area contributed by atoms with Crippen molar-refractivity contribution in [2.45, 2.75) is 44.6 Å². The van der Waals surface area contributed by atoms with E-state index in [4.69, 9.17) is 0 Å². The second-order valence-electron chi connectivity index (χ2n) is 6.55. The Morgan fingerprint density at radius 3 is 2.44 bits per heavy atom. The molecule has 0 amide bonds. The van der Waals surface area contributed by atoms with Crippen LogP contribution in [0.15, 0.2) is 0 Å². The Hall–Kier alpha value is -0.0800. The van der Waals surface area contributed by atoms with Crippen molar-refractivity contribution < 1.29 is 0 Å². The zero-order chi connectivity index (χ0) is 11.2. The van der Waals surface area contributed by atoms with Gasteiger partial charge in [0.05, 0.1) is 0 Å². The number of rotatable bonds is 2. The summed E-state index contributed by atoms with van der Waals surface area (Å²) in [7, 11) is 2.27. The van der Waals surface area contributed by atoms with E-state index < -0.39 is 0 Å². The van der Waals surface area contributed by atoms with Gasteiger partial charge in [-0.3, -0.25) is 4.90 Å². The van der Waals surface area contributed by atoms with Gasteiger partial charge in [0.25, 0.3) is 0 Å². The van der Waals surface area contributed by atoms with Crippen LogP contribution in [0.5, 0.6) is 0 Å². The highest BCUT2D eigenvalue weighted by Gasteiger charge is 2.45. The minimum Gasteiger partial charge on any atom is -0.306 e. The van der Waals surface area contributed by atoms with E-state index in [1.165, 1.54) is 58.3 Å².